The number of nitrogens with zero attached hydrogens (tertiary/aromatic N) is 3. The van der Waals surface area contributed by atoms with Crippen molar-refractivity contribution in [3.8, 4) is 0 Å². The lowest BCUT2D eigenvalue weighted by molar-refractivity contribution is -0.889. The highest BCUT2D eigenvalue weighted by Gasteiger charge is 2.33. The Kier molecular flexibility index (Phi) is 5.28. The molecule has 2 aliphatic rings. The Balaban J connectivity index is 0.00000210. The van der Waals surface area contributed by atoms with Crippen LogP contribution in [0, 0.1) is 5.21 Å². The second kappa shape index (κ2) is 7.21. The Labute approximate surface area is 162 Å². The molecule has 1 saturated heterocycles. The zero-order valence-corrected chi connectivity index (χ0v) is 16.0. The van der Waals surface area contributed by atoms with Crippen LogP contribution in [0.1, 0.15) is 0 Å². The van der Waals surface area contributed by atoms with E-state index in [1.54, 1.807) is 18.2 Å². The summed E-state index contributed by atoms with van der Waals surface area (Å²) in [7, 11) is -3.95. The number of hydrogen-bond donors (Lipinski definition) is 1. The maximum absolute atomic E-state index is 12.9. The molecule has 1 aromatic heterocycles. The molecule has 0 atom stereocenters. The Morgan fingerprint density at radius 3 is 2.67 bits per heavy atom. The number of para-hydroxylation sites is 1. The van der Waals surface area contributed by atoms with Crippen molar-refractivity contribution in [3.63, 3.8) is 0 Å². The minimum absolute atomic E-state index is 0. The van der Waals surface area contributed by atoms with E-state index in [1.165, 1.54) is 12.3 Å². The van der Waals surface area contributed by atoms with Gasteiger partial charge in [0.15, 0.2) is 4.90 Å². The second-order valence-electron chi connectivity index (χ2n) is 6.38. The first-order valence-corrected chi connectivity index (χ1v) is 9.75. The van der Waals surface area contributed by atoms with Gasteiger partial charge >= 0.3 is 0 Å². The van der Waals surface area contributed by atoms with Crippen LogP contribution in [0.4, 0.5) is 11.4 Å². The molecule has 0 saturated carbocycles. The average Bonchev–Trinajstić information content (AvgIpc) is 2.61. The summed E-state index contributed by atoms with van der Waals surface area (Å²) in [5, 5.41) is 19.6. The normalized spacial score (nSPS) is 19.1. The number of ether oxygens (including phenoxy) is 1. The first kappa shape index (κ1) is 19.8. The number of aromatic nitrogens is 2. The Bertz CT molecular complexity index is 1020. The Morgan fingerprint density at radius 2 is 1.93 bits per heavy atom. The first-order valence-electron chi connectivity index (χ1n) is 8.27. The third-order valence-corrected chi connectivity index (χ3v) is 6.59. The number of quaternary nitrogens is 1. The van der Waals surface area contributed by atoms with E-state index in [-0.39, 0.29) is 41.0 Å². The SMILES string of the molecule is Cl.O=c1c2c(cnn1CC[N+]1([O-])CCOCC1)Nc1ccccc1S2(=O)=O. The molecule has 0 amide bonds. The molecule has 3 heterocycles. The summed E-state index contributed by atoms with van der Waals surface area (Å²) in [6.07, 6.45) is 1.32. The molecular weight excluding hydrogens is 396 g/mol. The van der Waals surface area contributed by atoms with Gasteiger partial charge in [0.2, 0.25) is 9.84 Å². The fraction of sp³-hybridized carbons (Fsp3) is 0.375. The molecule has 4 rings (SSSR count). The summed E-state index contributed by atoms with van der Waals surface area (Å²) >= 11 is 0. The second-order valence-corrected chi connectivity index (χ2v) is 8.24. The van der Waals surface area contributed by atoms with Crippen molar-refractivity contribution in [2.45, 2.75) is 16.3 Å². The van der Waals surface area contributed by atoms with Gasteiger partial charge in [-0.3, -0.25) is 4.79 Å². The summed E-state index contributed by atoms with van der Waals surface area (Å²) in [4.78, 5) is 12.5. The fourth-order valence-electron chi connectivity index (χ4n) is 3.21. The van der Waals surface area contributed by atoms with Crippen LogP contribution in [0.2, 0.25) is 0 Å². The maximum atomic E-state index is 12.9. The Morgan fingerprint density at radius 1 is 1.22 bits per heavy atom. The average molecular weight is 415 g/mol. The summed E-state index contributed by atoms with van der Waals surface area (Å²) in [5.74, 6) is 0. The van der Waals surface area contributed by atoms with Crippen molar-refractivity contribution in [1.82, 2.24) is 9.78 Å². The molecule has 27 heavy (non-hydrogen) atoms. The molecule has 0 bridgehead atoms. The van der Waals surface area contributed by atoms with E-state index in [0.717, 1.165) is 4.68 Å². The van der Waals surface area contributed by atoms with Crippen LogP contribution < -0.4 is 10.9 Å². The molecular formula is C16H19ClN4O5S. The van der Waals surface area contributed by atoms with E-state index in [4.69, 9.17) is 4.74 Å². The zero-order valence-electron chi connectivity index (χ0n) is 14.3. The van der Waals surface area contributed by atoms with E-state index in [9.17, 15) is 18.4 Å². The van der Waals surface area contributed by atoms with Crippen molar-refractivity contribution in [3.05, 3.63) is 46.0 Å². The predicted molar refractivity (Wildman–Crippen MR) is 100.0 cm³/mol. The highest BCUT2D eigenvalue weighted by molar-refractivity contribution is 7.92. The van der Waals surface area contributed by atoms with Crippen LogP contribution in [0.3, 0.4) is 0 Å². The summed E-state index contributed by atoms with van der Waals surface area (Å²) in [6, 6.07) is 6.40. The van der Waals surface area contributed by atoms with Crippen molar-refractivity contribution in [2.24, 2.45) is 0 Å². The third kappa shape index (κ3) is 3.46. The molecule has 0 aliphatic carbocycles. The lowest BCUT2D eigenvalue weighted by Crippen LogP contribution is -2.52. The van der Waals surface area contributed by atoms with E-state index < -0.39 is 20.0 Å². The third-order valence-electron chi connectivity index (χ3n) is 4.72. The minimum Gasteiger partial charge on any atom is -0.633 e. The van der Waals surface area contributed by atoms with E-state index in [2.05, 4.69) is 10.4 Å². The number of hydroxylamine groups is 3. The van der Waals surface area contributed by atoms with Crippen molar-refractivity contribution in [1.29, 1.82) is 0 Å². The molecule has 0 radical (unpaired) electrons. The molecule has 1 fully saturated rings. The van der Waals surface area contributed by atoms with Gasteiger partial charge in [-0.2, -0.15) is 5.10 Å². The van der Waals surface area contributed by atoms with Crippen LogP contribution in [0.5, 0.6) is 0 Å². The molecule has 0 unspecified atom stereocenters. The van der Waals surface area contributed by atoms with Gasteiger partial charge in [-0.25, -0.2) is 13.1 Å². The highest BCUT2D eigenvalue weighted by atomic mass is 35.5. The topological polar surface area (TPSA) is 113 Å². The minimum atomic E-state index is -3.95. The quantitative estimate of drug-likeness (QED) is 0.500. The standard InChI is InChI=1S/C16H18N4O5S.ClH/c21-16-15-13(18-12-3-1-2-4-14(12)26(15,23)24)11-17-19(16)5-6-20(22)7-9-25-10-8-20;/h1-4,11,18H,5-10H2;1H. The molecule has 9 nitrogen and oxygen atoms in total. The monoisotopic (exact) mass is 414 g/mol. The summed E-state index contributed by atoms with van der Waals surface area (Å²) < 4.78 is 31.5. The lowest BCUT2D eigenvalue weighted by atomic mass is 10.3. The number of fused-ring (bicyclic) bond motifs is 2. The van der Waals surface area contributed by atoms with Crippen molar-refractivity contribution >= 4 is 33.6 Å². The number of sulfone groups is 1. The van der Waals surface area contributed by atoms with Gasteiger partial charge in [0.1, 0.15) is 13.1 Å². The van der Waals surface area contributed by atoms with E-state index >= 15 is 0 Å². The number of rotatable bonds is 3. The highest BCUT2D eigenvalue weighted by Crippen LogP contribution is 2.36. The molecule has 1 aromatic carbocycles. The van der Waals surface area contributed by atoms with Gasteiger partial charge in [-0.1, -0.05) is 12.1 Å². The van der Waals surface area contributed by atoms with Gasteiger partial charge in [-0.15, -0.1) is 12.4 Å². The molecule has 0 spiro atoms. The molecule has 11 heteroatoms. The number of anilines is 2. The van der Waals surface area contributed by atoms with Gasteiger partial charge in [0.25, 0.3) is 5.56 Å². The summed E-state index contributed by atoms with van der Waals surface area (Å²) in [6.45, 7) is 1.57. The maximum Gasteiger partial charge on any atom is 0.288 e. The van der Waals surface area contributed by atoms with Crippen LogP contribution in [-0.2, 0) is 21.1 Å². The van der Waals surface area contributed by atoms with Gasteiger partial charge in [0.05, 0.1) is 48.8 Å². The first-order chi connectivity index (χ1) is 12.4. The predicted octanol–water partition coefficient (Wildman–Crippen LogP) is 0.900. The van der Waals surface area contributed by atoms with Gasteiger partial charge in [-0.05, 0) is 12.1 Å². The van der Waals surface area contributed by atoms with Gasteiger partial charge in [0, 0.05) is 0 Å². The zero-order chi connectivity index (χ0) is 18.4. The smallest absolute Gasteiger partial charge is 0.288 e. The number of nitrogens with one attached hydrogen (secondary N) is 1. The lowest BCUT2D eigenvalue weighted by Gasteiger charge is -2.45. The molecule has 2 aliphatic heterocycles. The number of hydrogen-bond acceptors (Lipinski definition) is 7. The van der Waals surface area contributed by atoms with Crippen molar-refractivity contribution in [2.75, 3.05) is 38.2 Å². The molecule has 146 valence electrons. The van der Waals surface area contributed by atoms with E-state index in [1.807, 2.05) is 0 Å². The number of morpholine rings is 1. The van der Waals surface area contributed by atoms with Gasteiger partial charge < -0.3 is 19.9 Å². The molecule has 1 N–H and O–H groups in total. The largest absolute Gasteiger partial charge is 0.633 e. The fourth-order valence-corrected chi connectivity index (χ4v) is 4.83. The Hall–Kier alpha value is -1.98. The van der Waals surface area contributed by atoms with E-state index in [0.29, 0.717) is 32.0 Å². The summed E-state index contributed by atoms with van der Waals surface area (Å²) in [5.41, 5.74) is -0.150. The van der Waals surface area contributed by atoms with Crippen LogP contribution in [0.25, 0.3) is 0 Å². The number of halogens is 1. The van der Waals surface area contributed by atoms with Crippen LogP contribution in [0.15, 0.2) is 45.0 Å². The van der Waals surface area contributed by atoms with Crippen LogP contribution >= 0.6 is 12.4 Å². The van der Waals surface area contributed by atoms with Crippen LogP contribution in [-0.4, -0.2) is 55.7 Å². The van der Waals surface area contributed by atoms with Crippen molar-refractivity contribution < 1.29 is 17.8 Å². The molecule has 2 aromatic rings. The number of benzene rings is 1.